The lowest BCUT2D eigenvalue weighted by Crippen LogP contribution is -2.37. The van der Waals surface area contributed by atoms with E-state index >= 15 is 0 Å². The summed E-state index contributed by atoms with van der Waals surface area (Å²) in [5, 5.41) is 10.7. The number of aliphatic imine (C=N–C) groups is 1. The molecule has 1 heterocycles. The summed E-state index contributed by atoms with van der Waals surface area (Å²) in [5.41, 5.74) is 1.17. The fraction of sp³-hybridized carbons (Fsp3) is 0.333. The highest BCUT2D eigenvalue weighted by atomic mass is 35.5. The van der Waals surface area contributed by atoms with Crippen LogP contribution in [0.25, 0.3) is 0 Å². The van der Waals surface area contributed by atoms with Gasteiger partial charge in [0.2, 0.25) is 0 Å². The predicted octanol–water partition coefficient (Wildman–Crippen LogP) is 3.29. The molecule has 6 heteroatoms. The highest BCUT2D eigenvalue weighted by Crippen LogP contribution is 2.09. The van der Waals surface area contributed by atoms with Gasteiger partial charge in [-0.05, 0) is 42.7 Å². The summed E-state index contributed by atoms with van der Waals surface area (Å²) < 4.78 is 0. The molecule has 0 aliphatic carbocycles. The summed E-state index contributed by atoms with van der Waals surface area (Å²) in [7, 11) is 1.78. The molecule has 0 fully saturated rings. The van der Waals surface area contributed by atoms with Crippen molar-refractivity contribution in [3.63, 3.8) is 0 Å². The van der Waals surface area contributed by atoms with Crippen LogP contribution in [0.2, 0.25) is 5.02 Å². The third-order valence-electron chi connectivity index (χ3n) is 3.46. The van der Waals surface area contributed by atoms with Crippen molar-refractivity contribution >= 4 is 23.4 Å². The van der Waals surface area contributed by atoms with Gasteiger partial charge in [-0.3, -0.25) is 4.99 Å². The Hall–Kier alpha value is -2.27. The average molecular weight is 346 g/mol. The van der Waals surface area contributed by atoms with E-state index in [1.165, 1.54) is 5.56 Å². The van der Waals surface area contributed by atoms with Crippen LogP contribution in [0.1, 0.15) is 18.4 Å². The van der Waals surface area contributed by atoms with Crippen LogP contribution >= 0.6 is 11.6 Å². The first-order valence-electron chi connectivity index (χ1n) is 8.12. The Morgan fingerprint density at radius 1 is 1.04 bits per heavy atom. The molecule has 0 aliphatic heterocycles. The Bertz CT molecular complexity index is 613. The van der Waals surface area contributed by atoms with Gasteiger partial charge in [0.1, 0.15) is 5.82 Å². The van der Waals surface area contributed by atoms with Crippen molar-refractivity contribution in [3.05, 3.63) is 59.2 Å². The van der Waals surface area contributed by atoms with Gasteiger partial charge in [0.15, 0.2) is 5.96 Å². The molecule has 0 amide bonds. The molecule has 2 aromatic rings. The summed E-state index contributed by atoms with van der Waals surface area (Å²) in [6, 6.07) is 13.7. The normalized spacial score (nSPS) is 11.2. The number of benzene rings is 1. The van der Waals surface area contributed by atoms with Crippen molar-refractivity contribution in [3.8, 4) is 0 Å². The lowest BCUT2D eigenvalue weighted by molar-refractivity contribution is 0.711. The van der Waals surface area contributed by atoms with Gasteiger partial charge in [-0.2, -0.15) is 0 Å². The minimum atomic E-state index is 0.720. The smallest absolute Gasteiger partial charge is 0.191 e. The molecule has 5 nitrogen and oxygen atoms in total. The van der Waals surface area contributed by atoms with E-state index in [0.717, 1.165) is 49.3 Å². The van der Waals surface area contributed by atoms with Crippen LogP contribution < -0.4 is 16.0 Å². The first kappa shape index (κ1) is 18.1. The largest absolute Gasteiger partial charge is 0.370 e. The fourth-order valence-electron chi connectivity index (χ4n) is 2.15. The Kier molecular flexibility index (Phi) is 7.90. The maximum atomic E-state index is 5.89. The number of hydrogen-bond donors (Lipinski definition) is 3. The highest BCUT2D eigenvalue weighted by molar-refractivity contribution is 6.30. The quantitative estimate of drug-likeness (QED) is 0.390. The van der Waals surface area contributed by atoms with Crippen LogP contribution in [-0.4, -0.2) is 31.1 Å². The number of halogens is 1. The van der Waals surface area contributed by atoms with E-state index < -0.39 is 0 Å². The zero-order valence-corrected chi connectivity index (χ0v) is 14.7. The molecule has 0 aliphatic rings. The van der Waals surface area contributed by atoms with Crippen molar-refractivity contribution in [1.29, 1.82) is 0 Å². The van der Waals surface area contributed by atoms with E-state index in [9.17, 15) is 0 Å². The van der Waals surface area contributed by atoms with Crippen molar-refractivity contribution in [2.45, 2.75) is 19.4 Å². The standard InChI is InChI=1S/C18H24ClN5/c1-20-18(24-14-15-7-9-16(19)10-8-15)23-13-5-4-12-22-17-6-2-3-11-21-17/h2-3,6-11H,4-5,12-14H2,1H3,(H,21,22)(H2,20,23,24). The number of aromatic nitrogens is 1. The third kappa shape index (κ3) is 6.87. The Balaban J connectivity index is 1.57. The minimum absolute atomic E-state index is 0.720. The van der Waals surface area contributed by atoms with Crippen LogP contribution in [-0.2, 0) is 6.54 Å². The lowest BCUT2D eigenvalue weighted by Gasteiger charge is -2.12. The first-order valence-corrected chi connectivity index (χ1v) is 8.49. The Labute approximate surface area is 148 Å². The Morgan fingerprint density at radius 2 is 1.83 bits per heavy atom. The number of anilines is 1. The van der Waals surface area contributed by atoms with Gasteiger partial charge in [0.05, 0.1) is 0 Å². The zero-order valence-electron chi connectivity index (χ0n) is 13.9. The number of pyridine rings is 1. The van der Waals surface area contributed by atoms with Crippen molar-refractivity contribution < 1.29 is 0 Å². The molecule has 0 bridgehead atoms. The molecule has 1 aromatic carbocycles. The van der Waals surface area contributed by atoms with Gasteiger partial charge in [0.25, 0.3) is 0 Å². The number of rotatable bonds is 8. The highest BCUT2D eigenvalue weighted by Gasteiger charge is 1.98. The van der Waals surface area contributed by atoms with E-state index in [0.29, 0.717) is 0 Å². The van der Waals surface area contributed by atoms with Crippen molar-refractivity contribution in [1.82, 2.24) is 15.6 Å². The van der Waals surface area contributed by atoms with Gasteiger partial charge < -0.3 is 16.0 Å². The van der Waals surface area contributed by atoms with E-state index in [2.05, 4.69) is 25.9 Å². The van der Waals surface area contributed by atoms with Crippen LogP contribution in [0.4, 0.5) is 5.82 Å². The summed E-state index contributed by atoms with van der Waals surface area (Å²) in [6.07, 6.45) is 3.92. The van der Waals surface area contributed by atoms with Gasteiger partial charge in [0, 0.05) is 37.9 Å². The molecule has 0 atom stereocenters. The van der Waals surface area contributed by atoms with Crippen molar-refractivity contribution in [2.75, 3.05) is 25.5 Å². The van der Waals surface area contributed by atoms with E-state index in [1.807, 2.05) is 42.5 Å². The van der Waals surface area contributed by atoms with E-state index in [4.69, 9.17) is 11.6 Å². The van der Waals surface area contributed by atoms with Gasteiger partial charge >= 0.3 is 0 Å². The second kappa shape index (κ2) is 10.5. The molecule has 0 spiro atoms. The van der Waals surface area contributed by atoms with E-state index in [1.54, 1.807) is 13.2 Å². The molecule has 128 valence electrons. The van der Waals surface area contributed by atoms with Gasteiger partial charge in [-0.25, -0.2) is 4.98 Å². The molecule has 0 saturated carbocycles. The monoisotopic (exact) mass is 345 g/mol. The molecule has 0 radical (unpaired) electrons. The predicted molar refractivity (Wildman–Crippen MR) is 102 cm³/mol. The number of unbranched alkanes of at least 4 members (excludes halogenated alkanes) is 1. The summed E-state index contributed by atoms with van der Waals surface area (Å²) in [5.74, 6) is 1.73. The second-order valence-corrected chi connectivity index (χ2v) is 5.76. The summed E-state index contributed by atoms with van der Waals surface area (Å²) in [4.78, 5) is 8.46. The maximum Gasteiger partial charge on any atom is 0.191 e. The number of nitrogens with zero attached hydrogens (tertiary/aromatic N) is 2. The molecule has 0 unspecified atom stereocenters. The molecule has 24 heavy (non-hydrogen) atoms. The van der Waals surface area contributed by atoms with Crippen molar-refractivity contribution in [2.24, 2.45) is 4.99 Å². The number of hydrogen-bond acceptors (Lipinski definition) is 3. The molecular formula is C18H24ClN5. The number of guanidine groups is 1. The average Bonchev–Trinajstić information content (AvgIpc) is 2.63. The SMILES string of the molecule is CN=C(NCCCCNc1ccccn1)NCc1ccc(Cl)cc1. The first-order chi connectivity index (χ1) is 11.8. The van der Waals surface area contributed by atoms with Crippen LogP contribution in [0.5, 0.6) is 0 Å². The second-order valence-electron chi connectivity index (χ2n) is 5.33. The van der Waals surface area contributed by atoms with Crippen LogP contribution in [0.15, 0.2) is 53.7 Å². The topological polar surface area (TPSA) is 61.3 Å². The third-order valence-corrected chi connectivity index (χ3v) is 3.72. The lowest BCUT2D eigenvalue weighted by atomic mass is 10.2. The van der Waals surface area contributed by atoms with Gasteiger partial charge in [-0.15, -0.1) is 0 Å². The maximum absolute atomic E-state index is 5.89. The summed E-state index contributed by atoms with van der Waals surface area (Å²) >= 11 is 5.89. The minimum Gasteiger partial charge on any atom is -0.370 e. The van der Waals surface area contributed by atoms with Crippen LogP contribution in [0, 0.1) is 0 Å². The Morgan fingerprint density at radius 3 is 2.54 bits per heavy atom. The molecule has 2 rings (SSSR count). The van der Waals surface area contributed by atoms with E-state index in [-0.39, 0.29) is 0 Å². The molecule has 0 saturated heterocycles. The fourth-order valence-corrected chi connectivity index (χ4v) is 2.28. The number of nitrogens with one attached hydrogen (secondary N) is 3. The summed E-state index contributed by atoms with van der Waals surface area (Å²) in [6.45, 7) is 2.51. The molecule has 3 N–H and O–H groups in total. The zero-order chi connectivity index (χ0) is 17.0. The molecular weight excluding hydrogens is 322 g/mol. The molecule has 1 aromatic heterocycles. The van der Waals surface area contributed by atoms with Gasteiger partial charge in [-0.1, -0.05) is 29.8 Å². The van der Waals surface area contributed by atoms with Crippen LogP contribution in [0.3, 0.4) is 0 Å².